The monoisotopic (exact) mass is 383 g/mol. The van der Waals surface area contributed by atoms with Gasteiger partial charge in [0, 0.05) is 18.7 Å². The van der Waals surface area contributed by atoms with Crippen LogP contribution >= 0.6 is 0 Å². The second kappa shape index (κ2) is 8.44. The van der Waals surface area contributed by atoms with E-state index in [-0.39, 0.29) is 37.6 Å². The Morgan fingerprint density at radius 1 is 1.11 bits per heavy atom. The Balaban J connectivity index is 1.75. The lowest BCUT2D eigenvalue weighted by Crippen LogP contribution is -2.57. The number of carboxylic acids is 1. The number of piperidine rings is 1. The van der Waals surface area contributed by atoms with Crippen LogP contribution in [0.5, 0.6) is 5.75 Å². The molecule has 6 heteroatoms. The van der Waals surface area contributed by atoms with E-state index in [0.717, 1.165) is 5.56 Å². The summed E-state index contributed by atoms with van der Waals surface area (Å²) in [5, 5.41) is 30.1. The van der Waals surface area contributed by atoms with E-state index in [1.54, 1.807) is 12.1 Å². The van der Waals surface area contributed by atoms with Gasteiger partial charge < -0.3 is 20.2 Å². The maximum absolute atomic E-state index is 12.8. The first-order valence-corrected chi connectivity index (χ1v) is 9.46. The molecule has 28 heavy (non-hydrogen) atoms. The van der Waals surface area contributed by atoms with E-state index >= 15 is 0 Å². The Bertz CT molecular complexity index is 838. The van der Waals surface area contributed by atoms with E-state index < -0.39 is 17.5 Å². The van der Waals surface area contributed by atoms with Crippen LogP contribution in [0.3, 0.4) is 0 Å². The molecular formula is C22H25NO5. The zero-order chi connectivity index (χ0) is 20.1. The smallest absolute Gasteiger partial charge is 0.314 e. The Morgan fingerprint density at radius 3 is 2.54 bits per heavy atom. The SMILES string of the molecule is O=C(c1cccc(O)c1)N1CC[C@@H](O)[C@](CCCc2ccccc2)(C(=O)O)C1. The first-order valence-electron chi connectivity index (χ1n) is 9.46. The molecule has 1 heterocycles. The van der Waals surface area contributed by atoms with Crippen molar-refractivity contribution in [2.45, 2.75) is 31.8 Å². The van der Waals surface area contributed by atoms with Gasteiger partial charge in [-0.1, -0.05) is 36.4 Å². The third-order valence-corrected chi connectivity index (χ3v) is 5.52. The Hall–Kier alpha value is -2.86. The number of phenols is 1. The van der Waals surface area contributed by atoms with Crippen molar-refractivity contribution in [3.8, 4) is 5.75 Å². The van der Waals surface area contributed by atoms with Gasteiger partial charge in [-0.15, -0.1) is 0 Å². The highest BCUT2D eigenvalue weighted by Gasteiger charge is 2.49. The molecule has 6 nitrogen and oxygen atoms in total. The van der Waals surface area contributed by atoms with Crippen LogP contribution in [0.15, 0.2) is 54.6 Å². The summed E-state index contributed by atoms with van der Waals surface area (Å²) in [5.74, 6) is -1.44. The summed E-state index contributed by atoms with van der Waals surface area (Å²) in [6, 6.07) is 15.8. The molecule has 0 radical (unpaired) electrons. The molecule has 3 N–H and O–H groups in total. The molecule has 3 rings (SSSR count). The number of aliphatic hydroxyl groups excluding tert-OH is 1. The van der Waals surface area contributed by atoms with Crippen LogP contribution in [0, 0.1) is 5.41 Å². The minimum atomic E-state index is -1.39. The fourth-order valence-electron chi connectivity index (χ4n) is 3.89. The number of likely N-dealkylation sites (tertiary alicyclic amines) is 1. The van der Waals surface area contributed by atoms with E-state index in [2.05, 4.69) is 0 Å². The first kappa shape index (κ1) is 19.9. The number of amides is 1. The lowest BCUT2D eigenvalue weighted by Gasteiger charge is -2.43. The lowest BCUT2D eigenvalue weighted by molar-refractivity contribution is -0.162. The van der Waals surface area contributed by atoms with Crippen molar-refractivity contribution < 1.29 is 24.9 Å². The fraction of sp³-hybridized carbons (Fsp3) is 0.364. The van der Waals surface area contributed by atoms with E-state index in [1.165, 1.54) is 17.0 Å². The maximum atomic E-state index is 12.8. The van der Waals surface area contributed by atoms with Crippen molar-refractivity contribution in [2.75, 3.05) is 13.1 Å². The van der Waals surface area contributed by atoms with Gasteiger partial charge in [-0.05, 0) is 49.4 Å². The van der Waals surface area contributed by atoms with Gasteiger partial charge in [-0.2, -0.15) is 0 Å². The van der Waals surface area contributed by atoms with Crippen molar-refractivity contribution in [3.05, 3.63) is 65.7 Å². The van der Waals surface area contributed by atoms with Crippen LogP contribution in [0.4, 0.5) is 0 Å². The summed E-state index contributed by atoms with van der Waals surface area (Å²) in [4.78, 5) is 26.4. The van der Waals surface area contributed by atoms with Crippen LogP contribution < -0.4 is 0 Å². The first-order chi connectivity index (χ1) is 13.4. The number of aromatic hydroxyl groups is 1. The molecule has 1 saturated heterocycles. The van der Waals surface area contributed by atoms with E-state index in [0.29, 0.717) is 18.4 Å². The van der Waals surface area contributed by atoms with Crippen LogP contribution in [0.2, 0.25) is 0 Å². The second-order valence-corrected chi connectivity index (χ2v) is 7.38. The van der Waals surface area contributed by atoms with Crippen molar-refractivity contribution in [2.24, 2.45) is 5.41 Å². The number of phenolic OH excluding ortho intramolecular Hbond substituents is 1. The van der Waals surface area contributed by atoms with E-state index in [9.17, 15) is 24.9 Å². The van der Waals surface area contributed by atoms with Crippen LogP contribution in [0.1, 0.15) is 35.2 Å². The molecule has 1 aliphatic rings. The third-order valence-electron chi connectivity index (χ3n) is 5.52. The number of carbonyl (C=O) groups is 2. The second-order valence-electron chi connectivity index (χ2n) is 7.38. The molecule has 0 bridgehead atoms. The van der Waals surface area contributed by atoms with Gasteiger partial charge in [0.15, 0.2) is 0 Å². The number of hydrogen-bond donors (Lipinski definition) is 3. The van der Waals surface area contributed by atoms with Gasteiger partial charge in [0.05, 0.1) is 6.10 Å². The topological polar surface area (TPSA) is 98.1 Å². The highest BCUT2D eigenvalue weighted by Crippen LogP contribution is 2.36. The Kier molecular flexibility index (Phi) is 5.99. The standard InChI is InChI=1S/C22H25NO5/c24-18-10-4-9-17(14-18)20(26)23-13-11-19(25)22(15-23,21(27)28)12-5-8-16-6-2-1-3-7-16/h1-4,6-7,9-10,14,19,24-25H,5,8,11-13,15H2,(H,27,28)/t19-,22-/m1/s1. The fourth-order valence-corrected chi connectivity index (χ4v) is 3.89. The molecule has 1 aliphatic heterocycles. The zero-order valence-corrected chi connectivity index (χ0v) is 15.6. The van der Waals surface area contributed by atoms with Crippen molar-refractivity contribution in [1.29, 1.82) is 0 Å². The molecule has 148 valence electrons. The minimum Gasteiger partial charge on any atom is -0.508 e. The average Bonchev–Trinajstić information content (AvgIpc) is 2.69. The van der Waals surface area contributed by atoms with Gasteiger partial charge in [0.25, 0.3) is 5.91 Å². The number of aliphatic hydroxyl groups is 1. The number of benzene rings is 2. The van der Waals surface area contributed by atoms with Crippen molar-refractivity contribution in [1.82, 2.24) is 4.90 Å². The largest absolute Gasteiger partial charge is 0.508 e. The number of aryl methyl sites for hydroxylation is 1. The summed E-state index contributed by atoms with van der Waals surface area (Å²) >= 11 is 0. The lowest BCUT2D eigenvalue weighted by atomic mass is 9.73. The van der Waals surface area contributed by atoms with Gasteiger partial charge in [0.1, 0.15) is 11.2 Å². The molecule has 1 amide bonds. The Morgan fingerprint density at radius 2 is 1.86 bits per heavy atom. The highest BCUT2D eigenvalue weighted by molar-refractivity contribution is 5.95. The quantitative estimate of drug-likeness (QED) is 0.712. The van der Waals surface area contributed by atoms with Crippen LogP contribution in [-0.4, -0.2) is 51.3 Å². The number of nitrogens with zero attached hydrogens (tertiary/aromatic N) is 1. The molecule has 2 atom stereocenters. The minimum absolute atomic E-state index is 0.0183. The van der Waals surface area contributed by atoms with Gasteiger partial charge >= 0.3 is 5.97 Å². The number of rotatable bonds is 6. The summed E-state index contributed by atoms with van der Waals surface area (Å²) in [5.41, 5.74) is 0.0282. The zero-order valence-electron chi connectivity index (χ0n) is 15.6. The summed E-state index contributed by atoms with van der Waals surface area (Å²) in [6.45, 7) is 0.232. The Labute approximate surface area is 164 Å². The van der Waals surface area contributed by atoms with Crippen molar-refractivity contribution >= 4 is 11.9 Å². The number of carbonyl (C=O) groups excluding carboxylic acids is 1. The van der Waals surface area contributed by atoms with Gasteiger partial charge in [0.2, 0.25) is 0 Å². The number of carboxylic acid groups (broad SMARTS) is 1. The molecule has 2 aromatic rings. The number of hydrogen-bond acceptors (Lipinski definition) is 4. The summed E-state index contributed by atoms with van der Waals surface area (Å²) < 4.78 is 0. The van der Waals surface area contributed by atoms with E-state index in [4.69, 9.17) is 0 Å². The molecule has 0 unspecified atom stereocenters. The normalized spacial score (nSPS) is 22.0. The molecule has 1 fully saturated rings. The molecular weight excluding hydrogens is 358 g/mol. The summed E-state index contributed by atoms with van der Waals surface area (Å²) in [6.07, 6.45) is 0.795. The van der Waals surface area contributed by atoms with Crippen molar-refractivity contribution in [3.63, 3.8) is 0 Å². The van der Waals surface area contributed by atoms with Crippen LogP contribution in [-0.2, 0) is 11.2 Å². The van der Waals surface area contributed by atoms with E-state index in [1.807, 2.05) is 30.3 Å². The average molecular weight is 383 g/mol. The predicted octanol–water partition coefficient (Wildman–Crippen LogP) is 2.69. The van der Waals surface area contributed by atoms with Crippen LogP contribution in [0.25, 0.3) is 0 Å². The molecule has 0 saturated carbocycles. The predicted molar refractivity (Wildman–Crippen MR) is 104 cm³/mol. The molecule has 0 aromatic heterocycles. The number of aliphatic carboxylic acids is 1. The molecule has 0 spiro atoms. The maximum Gasteiger partial charge on any atom is 0.314 e. The summed E-state index contributed by atoms with van der Waals surface area (Å²) in [7, 11) is 0. The van der Waals surface area contributed by atoms with Gasteiger partial charge in [-0.3, -0.25) is 9.59 Å². The molecule has 0 aliphatic carbocycles. The van der Waals surface area contributed by atoms with Gasteiger partial charge in [-0.25, -0.2) is 0 Å². The molecule has 2 aromatic carbocycles. The third kappa shape index (κ3) is 4.17. The highest BCUT2D eigenvalue weighted by atomic mass is 16.4.